The summed E-state index contributed by atoms with van der Waals surface area (Å²) in [5.74, 6) is 0. The van der Waals surface area contributed by atoms with E-state index in [0.29, 0.717) is 0 Å². The molecule has 1 aliphatic rings. The molecule has 4 heteroatoms. The maximum absolute atomic E-state index is 9.50. The van der Waals surface area contributed by atoms with E-state index in [1.165, 1.54) is 6.42 Å². The molecule has 1 heterocycles. The van der Waals surface area contributed by atoms with Gasteiger partial charge in [0, 0.05) is 25.2 Å². The van der Waals surface area contributed by atoms with Crippen LogP contribution in [-0.2, 0) is 0 Å². The molecule has 2 atom stereocenters. The Labute approximate surface area is 99.4 Å². The van der Waals surface area contributed by atoms with E-state index in [9.17, 15) is 5.11 Å². The molecule has 0 bridgehead atoms. The molecular formula is C12H27N3O. The average Bonchev–Trinajstić information content (AvgIpc) is 2.46. The van der Waals surface area contributed by atoms with Gasteiger partial charge in [-0.2, -0.15) is 0 Å². The quantitative estimate of drug-likeness (QED) is 0.703. The van der Waals surface area contributed by atoms with E-state index in [2.05, 4.69) is 23.8 Å². The number of likely N-dealkylation sites (N-methyl/N-ethyl adjacent to an activating group) is 1. The Morgan fingerprint density at radius 2 is 2.00 bits per heavy atom. The second-order valence-electron chi connectivity index (χ2n) is 4.90. The highest BCUT2D eigenvalue weighted by Crippen LogP contribution is 2.11. The minimum absolute atomic E-state index is 0.110. The van der Waals surface area contributed by atoms with Crippen molar-refractivity contribution in [3.8, 4) is 0 Å². The lowest BCUT2D eigenvalue weighted by molar-refractivity contribution is 0.105. The summed E-state index contributed by atoms with van der Waals surface area (Å²) in [5, 5.41) is 9.50. The van der Waals surface area contributed by atoms with Crippen LogP contribution in [-0.4, -0.2) is 66.8 Å². The summed E-state index contributed by atoms with van der Waals surface area (Å²) in [6, 6.07) is 0.254. The highest BCUT2D eigenvalue weighted by molar-refractivity contribution is 4.83. The number of hydrogen-bond acceptors (Lipinski definition) is 4. The van der Waals surface area contributed by atoms with E-state index in [-0.39, 0.29) is 18.7 Å². The van der Waals surface area contributed by atoms with E-state index in [0.717, 1.165) is 39.0 Å². The monoisotopic (exact) mass is 229 g/mol. The topological polar surface area (TPSA) is 52.7 Å². The van der Waals surface area contributed by atoms with Crippen molar-refractivity contribution in [2.24, 2.45) is 5.73 Å². The number of aliphatic hydroxyl groups is 1. The van der Waals surface area contributed by atoms with E-state index >= 15 is 0 Å². The van der Waals surface area contributed by atoms with Gasteiger partial charge in [-0.1, -0.05) is 13.3 Å². The van der Waals surface area contributed by atoms with Crippen LogP contribution in [0.1, 0.15) is 26.2 Å². The Balaban J connectivity index is 2.50. The molecule has 0 aromatic carbocycles. The van der Waals surface area contributed by atoms with E-state index in [1.54, 1.807) is 0 Å². The van der Waals surface area contributed by atoms with Crippen molar-refractivity contribution in [1.29, 1.82) is 0 Å². The molecule has 0 spiro atoms. The van der Waals surface area contributed by atoms with Gasteiger partial charge in [0.15, 0.2) is 0 Å². The second-order valence-corrected chi connectivity index (χ2v) is 4.90. The molecule has 1 fully saturated rings. The van der Waals surface area contributed by atoms with Gasteiger partial charge in [-0.15, -0.1) is 0 Å². The third kappa shape index (κ3) is 4.01. The SMILES string of the molecule is CCCC(N)C(CO)N1CCCN(C)CC1. The van der Waals surface area contributed by atoms with Gasteiger partial charge >= 0.3 is 0 Å². The van der Waals surface area contributed by atoms with Crippen LogP contribution in [0.5, 0.6) is 0 Å². The number of aliphatic hydroxyl groups excluding tert-OH is 1. The highest BCUT2D eigenvalue weighted by atomic mass is 16.3. The van der Waals surface area contributed by atoms with Crippen molar-refractivity contribution >= 4 is 0 Å². The van der Waals surface area contributed by atoms with Gasteiger partial charge in [-0.05, 0) is 33.0 Å². The van der Waals surface area contributed by atoms with Crippen molar-refractivity contribution in [3.05, 3.63) is 0 Å². The van der Waals surface area contributed by atoms with Gasteiger partial charge < -0.3 is 15.7 Å². The Morgan fingerprint density at radius 3 is 2.62 bits per heavy atom. The molecule has 0 aromatic rings. The first-order valence-corrected chi connectivity index (χ1v) is 6.48. The standard InChI is InChI=1S/C12H27N3O/c1-3-5-11(13)12(10-16)15-7-4-6-14(2)8-9-15/h11-12,16H,3-10,13H2,1-2H3. The van der Waals surface area contributed by atoms with Crippen molar-refractivity contribution < 1.29 is 5.11 Å². The normalized spacial score (nSPS) is 24.0. The maximum atomic E-state index is 9.50. The van der Waals surface area contributed by atoms with Crippen LogP contribution in [0.25, 0.3) is 0 Å². The third-order valence-electron chi connectivity index (χ3n) is 3.53. The summed E-state index contributed by atoms with van der Waals surface area (Å²) < 4.78 is 0. The van der Waals surface area contributed by atoms with Crippen LogP contribution in [0.15, 0.2) is 0 Å². The first kappa shape index (κ1) is 13.9. The van der Waals surface area contributed by atoms with Crippen molar-refractivity contribution in [2.45, 2.75) is 38.3 Å². The van der Waals surface area contributed by atoms with Crippen LogP contribution < -0.4 is 5.73 Å². The zero-order valence-corrected chi connectivity index (χ0v) is 10.7. The molecule has 0 aromatic heterocycles. The van der Waals surface area contributed by atoms with Gasteiger partial charge in [-0.25, -0.2) is 0 Å². The van der Waals surface area contributed by atoms with Crippen LogP contribution in [0.3, 0.4) is 0 Å². The largest absolute Gasteiger partial charge is 0.395 e. The summed E-state index contributed by atoms with van der Waals surface area (Å²) in [6.07, 6.45) is 3.26. The Hall–Kier alpha value is -0.160. The predicted molar refractivity (Wildman–Crippen MR) is 67.4 cm³/mol. The zero-order valence-electron chi connectivity index (χ0n) is 10.7. The molecule has 2 unspecified atom stereocenters. The lowest BCUT2D eigenvalue weighted by Crippen LogP contribution is -2.51. The number of nitrogens with two attached hydrogens (primary N) is 1. The Bertz CT molecular complexity index is 189. The first-order chi connectivity index (χ1) is 7.69. The molecule has 0 aliphatic carbocycles. The molecule has 0 amide bonds. The molecule has 16 heavy (non-hydrogen) atoms. The summed E-state index contributed by atoms with van der Waals surface area (Å²) in [5.41, 5.74) is 6.14. The lowest BCUT2D eigenvalue weighted by Gasteiger charge is -2.33. The molecular weight excluding hydrogens is 202 g/mol. The van der Waals surface area contributed by atoms with Crippen LogP contribution >= 0.6 is 0 Å². The summed E-state index contributed by atoms with van der Waals surface area (Å²) in [6.45, 7) is 6.65. The van der Waals surface area contributed by atoms with Gasteiger partial charge in [0.2, 0.25) is 0 Å². The minimum Gasteiger partial charge on any atom is -0.395 e. The van der Waals surface area contributed by atoms with Crippen LogP contribution in [0.4, 0.5) is 0 Å². The maximum Gasteiger partial charge on any atom is 0.0601 e. The predicted octanol–water partition coefficient (Wildman–Crippen LogP) is 0.112. The van der Waals surface area contributed by atoms with Gasteiger partial charge in [0.05, 0.1) is 6.61 Å². The molecule has 1 rings (SSSR count). The van der Waals surface area contributed by atoms with Crippen LogP contribution in [0.2, 0.25) is 0 Å². The third-order valence-corrected chi connectivity index (χ3v) is 3.53. The average molecular weight is 229 g/mol. The van der Waals surface area contributed by atoms with Crippen molar-refractivity contribution in [2.75, 3.05) is 39.8 Å². The fraction of sp³-hybridized carbons (Fsp3) is 1.00. The molecule has 0 radical (unpaired) electrons. The summed E-state index contributed by atoms with van der Waals surface area (Å²) in [4.78, 5) is 4.71. The van der Waals surface area contributed by atoms with Crippen molar-refractivity contribution in [1.82, 2.24) is 9.80 Å². The summed E-state index contributed by atoms with van der Waals surface area (Å²) in [7, 11) is 2.16. The number of hydrogen-bond donors (Lipinski definition) is 2. The number of rotatable bonds is 5. The summed E-state index contributed by atoms with van der Waals surface area (Å²) >= 11 is 0. The molecule has 3 N–H and O–H groups in total. The Morgan fingerprint density at radius 1 is 1.25 bits per heavy atom. The number of nitrogens with zero attached hydrogens (tertiary/aromatic N) is 2. The van der Waals surface area contributed by atoms with E-state index < -0.39 is 0 Å². The zero-order chi connectivity index (χ0) is 12.0. The van der Waals surface area contributed by atoms with Crippen LogP contribution in [0, 0.1) is 0 Å². The van der Waals surface area contributed by atoms with E-state index in [1.807, 2.05) is 0 Å². The minimum atomic E-state index is 0.110. The second kappa shape index (κ2) is 7.22. The fourth-order valence-electron chi connectivity index (χ4n) is 2.45. The van der Waals surface area contributed by atoms with Crippen molar-refractivity contribution in [3.63, 3.8) is 0 Å². The Kier molecular flexibility index (Phi) is 6.28. The van der Waals surface area contributed by atoms with E-state index in [4.69, 9.17) is 5.73 Å². The lowest BCUT2D eigenvalue weighted by atomic mass is 10.0. The fourth-order valence-corrected chi connectivity index (χ4v) is 2.45. The van der Waals surface area contributed by atoms with Gasteiger partial charge in [0.1, 0.15) is 0 Å². The highest BCUT2D eigenvalue weighted by Gasteiger charge is 2.25. The molecule has 4 nitrogen and oxygen atoms in total. The molecule has 96 valence electrons. The van der Waals surface area contributed by atoms with Gasteiger partial charge in [0.25, 0.3) is 0 Å². The molecule has 0 saturated carbocycles. The van der Waals surface area contributed by atoms with Gasteiger partial charge in [-0.3, -0.25) is 4.90 Å². The molecule has 1 saturated heterocycles. The first-order valence-electron chi connectivity index (χ1n) is 6.48. The molecule has 1 aliphatic heterocycles. The smallest absolute Gasteiger partial charge is 0.0601 e.